The molecule has 0 fully saturated rings. The highest BCUT2D eigenvalue weighted by molar-refractivity contribution is 5.83. The van der Waals surface area contributed by atoms with Crippen LogP contribution in [0, 0.1) is 0 Å². The zero-order valence-corrected chi connectivity index (χ0v) is 7.26. The van der Waals surface area contributed by atoms with Gasteiger partial charge in [0.1, 0.15) is 5.78 Å². The van der Waals surface area contributed by atoms with Crippen molar-refractivity contribution in [3.63, 3.8) is 0 Å². The van der Waals surface area contributed by atoms with Gasteiger partial charge in [-0.05, 0) is 19.9 Å². The molecule has 3 heteroatoms. The van der Waals surface area contributed by atoms with Crippen molar-refractivity contribution in [3.05, 3.63) is 0 Å². The summed E-state index contributed by atoms with van der Waals surface area (Å²) in [7, 11) is 1.78. The summed E-state index contributed by atoms with van der Waals surface area (Å²) >= 11 is 0. The molecule has 0 aromatic rings. The fourth-order valence-electron chi connectivity index (χ4n) is 1.02. The number of likely N-dealkylation sites (N-methyl/N-ethyl adjacent to an activating group) is 1. The van der Waals surface area contributed by atoms with E-state index in [1.807, 2.05) is 6.92 Å². The number of Topliss-reactive ketones (excluding diaryl/α,β-unsaturated/α-hetero) is 1. The van der Waals surface area contributed by atoms with Crippen LogP contribution in [0.25, 0.3) is 0 Å². The summed E-state index contributed by atoms with van der Waals surface area (Å²) in [5.41, 5.74) is 0. The van der Waals surface area contributed by atoms with Crippen molar-refractivity contribution < 1.29 is 9.90 Å². The molecule has 0 aliphatic carbocycles. The van der Waals surface area contributed by atoms with Crippen molar-refractivity contribution in [3.8, 4) is 0 Å². The SMILES string of the molecule is CC[C@H](NC)C(=O)CCCO. The number of hydrogen-bond donors (Lipinski definition) is 2. The highest BCUT2D eigenvalue weighted by Gasteiger charge is 2.12. The van der Waals surface area contributed by atoms with Crippen molar-refractivity contribution in [1.82, 2.24) is 5.32 Å². The second-order valence-corrected chi connectivity index (χ2v) is 2.54. The Morgan fingerprint density at radius 3 is 2.64 bits per heavy atom. The molecule has 0 aliphatic heterocycles. The van der Waals surface area contributed by atoms with E-state index in [0.29, 0.717) is 12.8 Å². The summed E-state index contributed by atoms with van der Waals surface area (Å²) in [5, 5.41) is 11.4. The number of carbonyl (C=O) groups excluding carboxylic acids is 1. The number of aliphatic hydroxyl groups excluding tert-OH is 1. The number of rotatable bonds is 6. The minimum atomic E-state index is -0.0263. The Morgan fingerprint density at radius 1 is 1.64 bits per heavy atom. The number of aliphatic hydroxyl groups is 1. The van der Waals surface area contributed by atoms with Crippen LogP contribution in [0.4, 0.5) is 0 Å². The summed E-state index contributed by atoms with van der Waals surface area (Å²) in [6, 6.07) is -0.0263. The maximum atomic E-state index is 11.2. The van der Waals surface area contributed by atoms with E-state index in [9.17, 15) is 4.79 Å². The van der Waals surface area contributed by atoms with Gasteiger partial charge in [-0.2, -0.15) is 0 Å². The molecule has 0 spiro atoms. The van der Waals surface area contributed by atoms with Crippen LogP contribution in [0.5, 0.6) is 0 Å². The lowest BCUT2D eigenvalue weighted by Gasteiger charge is -2.11. The van der Waals surface area contributed by atoms with Gasteiger partial charge in [-0.25, -0.2) is 0 Å². The molecule has 0 heterocycles. The van der Waals surface area contributed by atoms with Gasteiger partial charge in [0, 0.05) is 13.0 Å². The Hall–Kier alpha value is -0.410. The van der Waals surface area contributed by atoms with Crippen molar-refractivity contribution >= 4 is 5.78 Å². The number of carbonyl (C=O) groups is 1. The van der Waals surface area contributed by atoms with Gasteiger partial charge in [0.2, 0.25) is 0 Å². The summed E-state index contributed by atoms with van der Waals surface area (Å²) in [5.74, 6) is 0.198. The molecular formula is C8H17NO2. The largest absolute Gasteiger partial charge is 0.396 e. The first-order valence-electron chi connectivity index (χ1n) is 4.07. The number of nitrogens with one attached hydrogen (secondary N) is 1. The van der Waals surface area contributed by atoms with Crippen LogP contribution in [0.2, 0.25) is 0 Å². The second kappa shape index (κ2) is 6.31. The van der Waals surface area contributed by atoms with Crippen LogP contribution < -0.4 is 5.32 Å². The quantitative estimate of drug-likeness (QED) is 0.587. The van der Waals surface area contributed by atoms with Crippen LogP contribution in [-0.4, -0.2) is 30.6 Å². The van der Waals surface area contributed by atoms with Crippen LogP contribution in [-0.2, 0) is 4.79 Å². The van der Waals surface area contributed by atoms with E-state index in [0.717, 1.165) is 6.42 Å². The Morgan fingerprint density at radius 2 is 2.27 bits per heavy atom. The smallest absolute Gasteiger partial charge is 0.149 e. The van der Waals surface area contributed by atoms with Gasteiger partial charge in [0.25, 0.3) is 0 Å². The first kappa shape index (κ1) is 10.6. The standard InChI is InChI=1S/C8H17NO2/c1-3-7(9-2)8(11)5-4-6-10/h7,9-10H,3-6H2,1-2H3/t7-/m0/s1. The zero-order chi connectivity index (χ0) is 8.69. The molecule has 0 aromatic carbocycles. The van der Waals surface area contributed by atoms with E-state index >= 15 is 0 Å². The monoisotopic (exact) mass is 159 g/mol. The molecule has 3 nitrogen and oxygen atoms in total. The molecule has 0 saturated carbocycles. The number of hydrogen-bond acceptors (Lipinski definition) is 3. The fraction of sp³-hybridized carbons (Fsp3) is 0.875. The van der Waals surface area contributed by atoms with E-state index in [1.165, 1.54) is 0 Å². The molecule has 0 bridgehead atoms. The highest BCUT2D eigenvalue weighted by atomic mass is 16.3. The summed E-state index contributed by atoms with van der Waals surface area (Å²) in [6.07, 6.45) is 1.88. The molecule has 2 N–H and O–H groups in total. The van der Waals surface area contributed by atoms with Crippen LogP contribution in [0.3, 0.4) is 0 Å². The Labute approximate surface area is 67.8 Å². The normalized spacial score (nSPS) is 13.0. The van der Waals surface area contributed by atoms with Gasteiger partial charge in [0.05, 0.1) is 6.04 Å². The van der Waals surface area contributed by atoms with Gasteiger partial charge >= 0.3 is 0 Å². The molecule has 0 radical (unpaired) electrons. The lowest BCUT2D eigenvalue weighted by atomic mass is 10.1. The summed E-state index contributed by atoms with van der Waals surface area (Å²) in [6.45, 7) is 2.07. The van der Waals surface area contributed by atoms with E-state index < -0.39 is 0 Å². The lowest BCUT2D eigenvalue weighted by molar-refractivity contribution is -0.121. The Balaban J connectivity index is 3.61. The molecule has 11 heavy (non-hydrogen) atoms. The molecule has 0 rings (SSSR count). The van der Waals surface area contributed by atoms with Crippen LogP contribution in [0.15, 0.2) is 0 Å². The Bertz CT molecular complexity index is 111. The topological polar surface area (TPSA) is 49.3 Å². The second-order valence-electron chi connectivity index (χ2n) is 2.54. The fourth-order valence-corrected chi connectivity index (χ4v) is 1.02. The molecule has 1 atom stereocenters. The van der Waals surface area contributed by atoms with Gasteiger partial charge in [0.15, 0.2) is 0 Å². The van der Waals surface area contributed by atoms with E-state index in [-0.39, 0.29) is 18.4 Å². The van der Waals surface area contributed by atoms with Crippen molar-refractivity contribution in [1.29, 1.82) is 0 Å². The summed E-state index contributed by atoms with van der Waals surface area (Å²) in [4.78, 5) is 11.2. The first-order valence-corrected chi connectivity index (χ1v) is 4.07. The molecular weight excluding hydrogens is 142 g/mol. The van der Waals surface area contributed by atoms with Crippen molar-refractivity contribution in [2.75, 3.05) is 13.7 Å². The van der Waals surface area contributed by atoms with E-state index in [4.69, 9.17) is 5.11 Å². The molecule has 0 aromatic heterocycles. The maximum Gasteiger partial charge on any atom is 0.149 e. The molecule has 0 saturated heterocycles. The van der Waals surface area contributed by atoms with Crippen molar-refractivity contribution in [2.45, 2.75) is 32.2 Å². The third-order valence-electron chi connectivity index (χ3n) is 1.73. The predicted molar refractivity (Wildman–Crippen MR) is 44.5 cm³/mol. The zero-order valence-electron chi connectivity index (χ0n) is 7.26. The van der Waals surface area contributed by atoms with Crippen LogP contribution in [0.1, 0.15) is 26.2 Å². The molecule has 0 unspecified atom stereocenters. The average molecular weight is 159 g/mol. The van der Waals surface area contributed by atoms with Gasteiger partial charge in [-0.3, -0.25) is 4.79 Å². The predicted octanol–water partition coefficient (Wildman–Crippen LogP) is 0.326. The minimum Gasteiger partial charge on any atom is -0.396 e. The summed E-state index contributed by atoms with van der Waals surface area (Å²) < 4.78 is 0. The molecule has 66 valence electrons. The highest BCUT2D eigenvalue weighted by Crippen LogP contribution is 1.98. The van der Waals surface area contributed by atoms with E-state index in [2.05, 4.69) is 5.32 Å². The van der Waals surface area contributed by atoms with E-state index in [1.54, 1.807) is 7.05 Å². The third-order valence-corrected chi connectivity index (χ3v) is 1.73. The average Bonchev–Trinajstić information content (AvgIpc) is 2.03. The molecule has 0 amide bonds. The maximum absolute atomic E-state index is 11.2. The van der Waals surface area contributed by atoms with Crippen molar-refractivity contribution in [2.24, 2.45) is 0 Å². The van der Waals surface area contributed by atoms with Crippen LogP contribution >= 0.6 is 0 Å². The number of ketones is 1. The van der Waals surface area contributed by atoms with Gasteiger partial charge in [-0.15, -0.1) is 0 Å². The minimum absolute atomic E-state index is 0.0263. The van der Waals surface area contributed by atoms with Gasteiger partial charge < -0.3 is 10.4 Å². The molecule has 0 aliphatic rings. The lowest BCUT2D eigenvalue weighted by Crippen LogP contribution is -2.33. The third kappa shape index (κ3) is 4.11. The van der Waals surface area contributed by atoms with Gasteiger partial charge in [-0.1, -0.05) is 6.92 Å². The first-order chi connectivity index (χ1) is 5.26. The Kier molecular flexibility index (Phi) is 6.07.